The Hall–Kier alpha value is -4.19. The number of carbonyl (C=O) groups excluding carboxylic acids is 3. The van der Waals surface area contributed by atoms with E-state index in [9.17, 15) is 58.1 Å². The van der Waals surface area contributed by atoms with Crippen LogP contribution in [0.3, 0.4) is 0 Å². The molecule has 5 rings (SSSR count). The highest BCUT2D eigenvalue weighted by Gasteiger charge is 2.38. The highest BCUT2D eigenvalue weighted by atomic mass is 32.2. The molecule has 1 saturated heterocycles. The summed E-state index contributed by atoms with van der Waals surface area (Å²) >= 11 is 0. The van der Waals surface area contributed by atoms with Gasteiger partial charge in [0.1, 0.15) is 6.04 Å². The molecule has 2 aromatic carbocycles. The summed E-state index contributed by atoms with van der Waals surface area (Å²) in [7, 11) is -15.0. The highest BCUT2D eigenvalue weighted by molar-refractivity contribution is 7.86. The molecule has 2 aliphatic carbocycles. The number of aliphatic carboxylic acids is 1. The second kappa shape index (κ2) is 14.1. The SMILES string of the molecule is NNC(=O)C(CCC(=O)O)NC(=O)C1CCN(C(=O)CNc2cc(S(=O)(=O)O)c3c4c2CCc2c(S(=O)(=O)O)cc(S(=O)(=O)O)c(c2-4)CC3)CC1. The maximum Gasteiger partial charge on any atom is 0.303 e. The van der Waals surface area contributed by atoms with Crippen molar-refractivity contribution >= 4 is 59.7 Å². The normalized spacial score (nSPS) is 16.5. The molecule has 1 heterocycles. The number of nitrogens with zero attached hydrogens (tertiary/aromatic N) is 1. The number of carboxylic acids is 1. The second-order valence-corrected chi connectivity index (χ2v) is 16.6. The number of hydrogen-bond donors (Lipinski definition) is 8. The number of hydrogen-bond acceptors (Lipinski definition) is 12. The Morgan fingerprint density at radius 3 is 1.73 bits per heavy atom. The molecular weight excluding hydrogens is 739 g/mol. The molecule has 3 aliphatic rings. The zero-order valence-electron chi connectivity index (χ0n) is 26.7. The summed E-state index contributed by atoms with van der Waals surface area (Å²) < 4.78 is 105. The summed E-state index contributed by atoms with van der Waals surface area (Å²) in [4.78, 5) is 48.4. The van der Waals surface area contributed by atoms with Crippen LogP contribution in [0.4, 0.5) is 5.69 Å². The van der Waals surface area contributed by atoms with Crippen molar-refractivity contribution in [3.63, 3.8) is 0 Å². The van der Waals surface area contributed by atoms with Gasteiger partial charge in [-0.05, 0) is 90.5 Å². The number of benzene rings is 2. The molecule has 1 aliphatic heterocycles. The molecule has 1 fully saturated rings. The molecular formula is C29H35N5O14S3. The fourth-order valence-corrected chi connectivity index (χ4v) is 9.45. The number of carboxylic acid groups (broad SMARTS) is 1. The zero-order valence-corrected chi connectivity index (χ0v) is 29.2. The summed E-state index contributed by atoms with van der Waals surface area (Å²) in [5.41, 5.74) is 2.54. The van der Waals surface area contributed by atoms with Gasteiger partial charge in [0.15, 0.2) is 0 Å². The molecule has 1 unspecified atom stereocenters. The molecule has 51 heavy (non-hydrogen) atoms. The molecule has 0 aromatic heterocycles. The van der Waals surface area contributed by atoms with Crippen molar-refractivity contribution in [3.8, 4) is 11.1 Å². The number of hydrazine groups is 1. The van der Waals surface area contributed by atoms with E-state index >= 15 is 0 Å². The first-order valence-electron chi connectivity index (χ1n) is 15.6. The number of nitrogens with one attached hydrogen (secondary N) is 3. The van der Waals surface area contributed by atoms with Gasteiger partial charge in [0, 0.05) is 31.1 Å². The van der Waals surface area contributed by atoms with Crippen molar-refractivity contribution in [2.45, 2.75) is 72.1 Å². The van der Waals surface area contributed by atoms with Gasteiger partial charge in [-0.2, -0.15) is 25.3 Å². The molecule has 19 nitrogen and oxygen atoms in total. The third kappa shape index (κ3) is 7.85. The van der Waals surface area contributed by atoms with Gasteiger partial charge < -0.3 is 20.6 Å². The van der Waals surface area contributed by atoms with Crippen LogP contribution >= 0.6 is 0 Å². The monoisotopic (exact) mass is 773 g/mol. The average Bonchev–Trinajstić information content (AvgIpc) is 3.05. The maximum atomic E-state index is 13.3. The van der Waals surface area contributed by atoms with Crippen LogP contribution in [0.15, 0.2) is 26.8 Å². The van der Waals surface area contributed by atoms with Gasteiger partial charge in [-0.3, -0.25) is 38.3 Å². The first-order chi connectivity index (χ1) is 23.7. The Balaban J connectivity index is 1.39. The first-order valence-corrected chi connectivity index (χ1v) is 19.9. The van der Waals surface area contributed by atoms with E-state index in [1.54, 1.807) is 0 Å². The fraction of sp³-hybridized carbons (Fsp3) is 0.448. The number of amides is 3. The molecule has 0 saturated carbocycles. The van der Waals surface area contributed by atoms with Crippen LogP contribution < -0.4 is 21.9 Å². The lowest BCUT2D eigenvalue weighted by Gasteiger charge is -2.34. The van der Waals surface area contributed by atoms with Gasteiger partial charge in [-0.25, -0.2) is 5.84 Å². The van der Waals surface area contributed by atoms with Gasteiger partial charge in [-0.1, -0.05) is 0 Å². The number of carbonyl (C=O) groups is 4. The Morgan fingerprint density at radius 1 is 0.784 bits per heavy atom. The van der Waals surface area contributed by atoms with Crippen molar-refractivity contribution in [2.75, 3.05) is 25.0 Å². The maximum absolute atomic E-state index is 13.3. The van der Waals surface area contributed by atoms with E-state index in [-0.39, 0.29) is 105 Å². The van der Waals surface area contributed by atoms with Crippen LogP contribution in [0, 0.1) is 5.92 Å². The standard InChI is InChI=1S/C29H35N5O14S3/c30-33-29(39)19(5-6-25(36)37)32-28(38)14-7-9-34(10-8-14)24(35)13-31-20-11-21(49(40,41)42)16-3-4-18-23(51(46,47)48)12-22(50(43,44)45)17-2-1-15(20)26(16)27(17)18/h11-12,14,19,31H,1-10,13,30H2,(H,32,38)(H,33,39)(H,36,37)(H,40,41,42)(H,43,44,45)(H,46,47,48). The van der Waals surface area contributed by atoms with Gasteiger partial charge >= 0.3 is 5.97 Å². The lowest BCUT2D eigenvalue weighted by atomic mass is 9.75. The first kappa shape index (κ1) is 38.1. The fourth-order valence-electron chi connectivity index (χ4n) is 7.02. The minimum Gasteiger partial charge on any atom is -0.481 e. The van der Waals surface area contributed by atoms with Gasteiger partial charge in [0.05, 0.1) is 21.2 Å². The molecule has 1 atom stereocenters. The number of nitrogens with two attached hydrogens (primary N) is 1. The lowest BCUT2D eigenvalue weighted by molar-refractivity contribution is -0.138. The smallest absolute Gasteiger partial charge is 0.303 e. The Labute approximate surface area is 292 Å². The van der Waals surface area contributed by atoms with Crippen LogP contribution in [0.1, 0.15) is 47.9 Å². The number of anilines is 1. The van der Waals surface area contributed by atoms with Crippen molar-refractivity contribution in [2.24, 2.45) is 11.8 Å². The summed E-state index contributed by atoms with van der Waals surface area (Å²) in [6.45, 7) is -0.132. The van der Waals surface area contributed by atoms with Crippen molar-refractivity contribution in [1.29, 1.82) is 0 Å². The van der Waals surface area contributed by atoms with Crippen molar-refractivity contribution < 1.29 is 63.2 Å². The van der Waals surface area contributed by atoms with Gasteiger partial charge in [0.25, 0.3) is 36.3 Å². The lowest BCUT2D eigenvalue weighted by Crippen LogP contribution is -2.52. The van der Waals surface area contributed by atoms with E-state index in [1.807, 2.05) is 5.43 Å². The predicted molar refractivity (Wildman–Crippen MR) is 175 cm³/mol. The quantitative estimate of drug-likeness (QED) is 0.0571. The summed E-state index contributed by atoms with van der Waals surface area (Å²) in [5.74, 6) is 1.65. The largest absolute Gasteiger partial charge is 0.481 e. The van der Waals surface area contributed by atoms with E-state index in [0.717, 1.165) is 6.07 Å². The van der Waals surface area contributed by atoms with Crippen LogP contribution in [0.25, 0.3) is 11.1 Å². The summed E-state index contributed by atoms with van der Waals surface area (Å²) in [5, 5.41) is 14.3. The highest BCUT2D eigenvalue weighted by Crippen LogP contribution is 2.50. The third-order valence-electron chi connectivity index (χ3n) is 9.37. The van der Waals surface area contributed by atoms with Crippen molar-refractivity contribution in [3.05, 3.63) is 34.4 Å². The molecule has 2 aromatic rings. The van der Waals surface area contributed by atoms with E-state index < -0.39 is 80.7 Å². The van der Waals surface area contributed by atoms with Crippen LogP contribution in [0.2, 0.25) is 0 Å². The third-order valence-corrected chi connectivity index (χ3v) is 12.1. The van der Waals surface area contributed by atoms with E-state index in [2.05, 4.69) is 10.6 Å². The molecule has 9 N–H and O–H groups in total. The topological polar surface area (TPSA) is 317 Å². The minimum absolute atomic E-state index is 0.00498. The zero-order chi connectivity index (χ0) is 37.6. The van der Waals surface area contributed by atoms with Crippen LogP contribution in [-0.4, -0.2) is 98.3 Å². The molecule has 22 heteroatoms. The van der Waals surface area contributed by atoms with Crippen molar-refractivity contribution in [1.82, 2.24) is 15.6 Å². The molecule has 278 valence electrons. The number of rotatable bonds is 12. The minimum atomic E-state index is -5.02. The van der Waals surface area contributed by atoms with E-state index in [0.29, 0.717) is 11.6 Å². The Kier molecular flexibility index (Phi) is 10.5. The van der Waals surface area contributed by atoms with Gasteiger partial charge in [0.2, 0.25) is 11.8 Å². The Bertz CT molecular complexity index is 2110. The average molecular weight is 774 g/mol. The van der Waals surface area contributed by atoms with Crippen LogP contribution in [0.5, 0.6) is 0 Å². The molecule has 0 radical (unpaired) electrons. The molecule has 3 amide bonds. The summed E-state index contributed by atoms with van der Waals surface area (Å²) in [6.07, 6.45) is -0.429. The van der Waals surface area contributed by atoms with E-state index in [1.165, 1.54) is 4.90 Å². The predicted octanol–water partition coefficient (Wildman–Crippen LogP) is -0.719. The molecule has 0 bridgehead atoms. The Morgan fingerprint density at radius 2 is 1.25 bits per heavy atom. The van der Waals surface area contributed by atoms with Gasteiger partial charge in [-0.15, -0.1) is 0 Å². The molecule has 0 spiro atoms. The number of likely N-dealkylation sites (tertiary alicyclic amines) is 1. The van der Waals surface area contributed by atoms with E-state index in [4.69, 9.17) is 10.9 Å². The second-order valence-electron chi connectivity index (χ2n) is 12.4. The van der Waals surface area contributed by atoms with Crippen LogP contribution in [-0.2, 0) is 75.2 Å². The number of piperidine rings is 1. The summed E-state index contributed by atoms with van der Waals surface area (Å²) in [6, 6.07) is 0.633.